The van der Waals surface area contributed by atoms with Gasteiger partial charge >= 0.3 is 0 Å². The Morgan fingerprint density at radius 1 is 1.53 bits per heavy atom. The average molecular weight is 210 g/mol. The minimum Gasteiger partial charge on any atom is -0.469 e. The van der Waals surface area contributed by atoms with Crippen LogP contribution in [0.15, 0.2) is 16.7 Å². The highest BCUT2D eigenvalue weighted by atomic mass is 16.3. The number of furan rings is 1. The second-order valence-electron chi connectivity index (χ2n) is 3.76. The normalized spacial score (nSPS) is 12.5. The smallest absolute Gasteiger partial charge is 0.254 e. The Morgan fingerprint density at radius 3 is 2.80 bits per heavy atom. The molecule has 0 aliphatic carbocycles. The van der Waals surface area contributed by atoms with E-state index in [-0.39, 0.29) is 5.91 Å². The molecule has 0 spiro atoms. The SMILES string of the molecule is CNC[C@@H](C)CNC(=O)c1ccoc1C. The van der Waals surface area contributed by atoms with E-state index in [1.54, 1.807) is 13.0 Å². The standard InChI is InChI=1S/C11H18N2O2/c1-8(6-12-3)7-13-11(14)10-4-5-15-9(10)2/h4-5,8,12H,6-7H2,1-3H3,(H,13,14)/t8-/m1/s1. The van der Waals surface area contributed by atoms with E-state index in [2.05, 4.69) is 17.6 Å². The molecule has 0 aromatic carbocycles. The summed E-state index contributed by atoms with van der Waals surface area (Å²) in [5.74, 6) is 1.02. The summed E-state index contributed by atoms with van der Waals surface area (Å²) in [6.07, 6.45) is 1.53. The Kier molecular flexibility index (Phi) is 4.37. The summed E-state index contributed by atoms with van der Waals surface area (Å²) in [5.41, 5.74) is 0.617. The van der Waals surface area contributed by atoms with Crippen LogP contribution in [0.4, 0.5) is 0 Å². The Labute approximate surface area is 90.0 Å². The number of amides is 1. The maximum Gasteiger partial charge on any atom is 0.254 e. The topological polar surface area (TPSA) is 54.3 Å². The third-order valence-corrected chi connectivity index (χ3v) is 2.27. The molecule has 1 amide bonds. The van der Waals surface area contributed by atoms with E-state index in [0.29, 0.717) is 23.8 Å². The van der Waals surface area contributed by atoms with Crippen molar-refractivity contribution in [1.82, 2.24) is 10.6 Å². The Hall–Kier alpha value is -1.29. The number of nitrogens with one attached hydrogen (secondary N) is 2. The molecule has 0 bridgehead atoms. The van der Waals surface area contributed by atoms with Crippen molar-refractivity contribution in [3.8, 4) is 0 Å². The summed E-state index contributed by atoms with van der Waals surface area (Å²) < 4.78 is 5.07. The van der Waals surface area contributed by atoms with Crippen molar-refractivity contribution in [3.05, 3.63) is 23.7 Å². The van der Waals surface area contributed by atoms with Gasteiger partial charge in [-0.25, -0.2) is 0 Å². The van der Waals surface area contributed by atoms with E-state index in [1.165, 1.54) is 6.26 Å². The third kappa shape index (κ3) is 3.40. The van der Waals surface area contributed by atoms with Crippen molar-refractivity contribution >= 4 is 5.91 Å². The van der Waals surface area contributed by atoms with Gasteiger partial charge in [0.2, 0.25) is 0 Å². The van der Waals surface area contributed by atoms with Gasteiger partial charge in [-0.2, -0.15) is 0 Å². The average Bonchev–Trinajstić information content (AvgIpc) is 2.61. The summed E-state index contributed by atoms with van der Waals surface area (Å²) in [4.78, 5) is 11.6. The van der Waals surface area contributed by atoms with Gasteiger partial charge in [-0.3, -0.25) is 4.79 Å². The van der Waals surface area contributed by atoms with Crippen LogP contribution < -0.4 is 10.6 Å². The van der Waals surface area contributed by atoms with Crippen molar-refractivity contribution in [2.24, 2.45) is 5.92 Å². The zero-order valence-corrected chi connectivity index (χ0v) is 9.46. The molecule has 1 heterocycles. The molecule has 1 atom stereocenters. The zero-order valence-electron chi connectivity index (χ0n) is 9.46. The highest BCUT2D eigenvalue weighted by molar-refractivity contribution is 5.94. The second kappa shape index (κ2) is 5.56. The molecule has 0 saturated carbocycles. The maximum atomic E-state index is 11.6. The fourth-order valence-corrected chi connectivity index (χ4v) is 1.40. The molecule has 0 fully saturated rings. The first kappa shape index (κ1) is 11.8. The summed E-state index contributed by atoms with van der Waals surface area (Å²) in [6.45, 7) is 5.43. The summed E-state index contributed by atoms with van der Waals surface area (Å²) in [6, 6.07) is 1.69. The summed E-state index contributed by atoms with van der Waals surface area (Å²) in [5, 5.41) is 5.94. The second-order valence-corrected chi connectivity index (χ2v) is 3.76. The number of rotatable bonds is 5. The highest BCUT2D eigenvalue weighted by Crippen LogP contribution is 2.08. The van der Waals surface area contributed by atoms with Crippen molar-refractivity contribution in [2.75, 3.05) is 20.1 Å². The molecular weight excluding hydrogens is 192 g/mol. The predicted octanol–water partition coefficient (Wildman–Crippen LogP) is 1.17. The fourth-order valence-electron chi connectivity index (χ4n) is 1.40. The number of hydrogen-bond donors (Lipinski definition) is 2. The lowest BCUT2D eigenvalue weighted by atomic mass is 10.1. The number of carbonyl (C=O) groups is 1. The van der Waals surface area contributed by atoms with Gasteiger partial charge in [-0.05, 0) is 32.5 Å². The highest BCUT2D eigenvalue weighted by Gasteiger charge is 2.11. The molecule has 4 heteroatoms. The predicted molar refractivity (Wildman–Crippen MR) is 58.9 cm³/mol. The van der Waals surface area contributed by atoms with Crippen molar-refractivity contribution in [1.29, 1.82) is 0 Å². The minimum absolute atomic E-state index is 0.0656. The van der Waals surface area contributed by atoms with Crippen LogP contribution in [0, 0.1) is 12.8 Å². The van der Waals surface area contributed by atoms with E-state index in [4.69, 9.17) is 4.42 Å². The van der Waals surface area contributed by atoms with Gasteiger partial charge in [0.15, 0.2) is 0 Å². The number of aryl methyl sites for hydroxylation is 1. The molecule has 4 nitrogen and oxygen atoms in total. The monoisotopic (exact) mass is 210 g/mol. The first-order valence-corrected chi connectivity index (χ1v) is 5.12. The molecule has 1 rings (SSSR count). The van der Waals surface area contributed by atoms with E-state index in [1.807, 2.05) is 7.05 Å². The van der Waals surface area contributed by atoms with Crippen LogP contribution in [0.1, 0.15) is 23.0 Å². The molecule has 2 N–H and O–H groups in total. The number of hydrogen-bond acceptors (Lipinski definition) is 3. The van der Waals surface area contributed by atoms with Crippen LogP contribution in [0.25, 0.3) is 0 Å². The van der Waals surface area contributed by atoms with Gasteiger partial charge in [0.1, 0.15) is 5.76 Å². The van der Waals surface area contributed by atoms with Gasteiger partial charge in [-0.15, -0.1) is 0 Å². The third-order valence-electron chi connectivity index (χ3n) is 2.27. The van der Waals surface area contributed by atoms with E-state index >= 15 is 0 Å². The molecule has 84 valence electrons. The van der Waals surface area contributed by atoms with Crippen molar-refractivity contribution < 1.29 is 9.21 Å². The van der Waals surface area contributed by atoms with E-state index in [9.17, 15) is 4.79 Å². The molecule has 0 unspecified atom stereocenters. The quantitative estimate of drug-likeness (QED) is 0.767. The largest absolute Gasteiger partial charge is 0.469 e. The fraction of sp³-hybridized carbons (Fsp3) is 0.545. The first-order chi connectivity index (χ1) is 7.15. The lowest BCUT2D eigenvalue weighted by Gasteiger charge is -2.11. The van der Waals surface area contributed by atoms with E-state index in [0.717, 1.165) is 6.54 Å². The van der Waals surface area contributed by atoms with E-state index < -0.39 is 0 Å². The lowest BCUT2D eigenvalue weighted by molar-refractivity contribution is 0.0946. The summed E-state index contributed by atoms with van der Waals surface area (Å²) >= 11 is 0. The Balaban J connectivity index is 2.40. The van der Waals surface area contributed by atoms with Gasteiger partial charge < -0.3 is 15.1 Å². The lowest BCUT2D eigenvalue weighted by Crippen LogP contribution is -2.32. The Morgan fingerprint density at radius 2 is 2.27 bits per heavy atom. The maximum absolute atomic E-state index is 11.6. The van der Waals surface area contributed by atoms with Crippen LogP contribution in [-0.4, -0.2) is 26.0 Å². The van der Waals surface area contributed by atoms with Crippen LogP contribution in [-0.2, 0) is 0 Å². The molecule has 1 aromatic heterocycles. The number of carbonyl (C=O) groups excluding carboxylic acids is 1. The zero-order chi connectivity index (χ0) is 11.3. The first-order valence-electron chi connectivity index (χ1n) is 5.12. The minimum atomic E-state index is -0.0656. The van der Waals surface area contributed by atoms with Gasteiger partial charge in [0.25, 0.3) is 5.91 Å². The van der Waals surface area contributed by atoms with Crippen LogP contribution in [0.3, 0.4) is 0 Å². The molecule has 0 radical (unpaired) electrons. The summed E-state index contributed by atoms with van der Waals surface area (Å²) in [7, 11) is 1.90. The molecular formula is C11H18N2O2. The van der Waals surface area contributed by atoms with Crippen LogP contribution in [0.2, 0.25) is 0 Å². The van der Waals surface area contributed by atoms with Crippen molar-refractivity contribution in [3.63, 3.8) is 0 Å². The molecule has 0 aliphatic heterocycles. The van der Waals surface area contributed by atoms with Crippen LogP contribution >= 0.6 is 0 Å². The Bertz CT molecular complexity index is 320. The molecule has 0 saturated heterocycles. The molecule has 0 aliphatic rings. The molecule has 15 heavy (non-hydrogen) atoms. The molecule has 1 aromatic rings. The van der Waals surface area contributed by atoms with Gasteiger partial charge in [-0.1, -0.05) is 6.92 Å². The van der Waals surface area contributed by atoms with Crippen LogP contribution in [0.5, 0.6) is 0 Å². The van der Waals surface area contributed by atoms with Crippen molar-refractivity contribution in [2.45, 2.75) is 13.8 Å². The van der Waals surface area contributed by atoms with Gasteiger partial charge in [0.05, 0.1) is 11.8 Å². The van der Waals surface area contributed by atoms with Gasteiger partial charge in [0, 0.05) is 6.54 Å².